The molecular formula is C16H24N2O3. The molecule has 2 atom stereocenters. The van der Waals surface area contributed by atoms with Crippen LogP contribution in [0.1, 0.15) is 38.7 Å². The lowest BCUT2D eigenvalue weighted by Gasteiger charge is -2.18. The predicted octanol–water partition coefficient (Wildman–Crippen LogP) is 2.56. The van der Waals surface area contributed by atoms with Gasteiger partial charge in [0, 0.05) is 6.04 Å². The number of hydrogen-bond acceptors (Lipinski definition) is 2. The van der Waals surface area contributed by atoms with Gasteiger partial charge in [0.25, 0.3) is 0 Å². The number of amides is 2. The van der Waals surface area contributed by atoms with E-state index in [-0.39, 0.29) is 6.04 Å². The monoisotopic (exact) mass is 292 g/mol. The average molecular weight is 292 g/mol. The second-order valence-electron chi connectivity index (χ2n) is 5.22. The number of benzene rings is 1. The Bertz CT molecular complexity index is 448. The van der Waals surface area contributed by atoms with Crippen LogP contribution >= 0.6 is 0 Å². The molecule has 0 radical (unpaired) electrons. The van der Waals surface area contributed by atoms with E-state index >= 15 is 0 Å². The summed E-state index contributed by atoms with van der Waals surface area (Å²) in [5.74, 6) is -0.996. The number of urea groups is 1. The highest BCUT2D eigenvalue weighted by Crippen LogP contribution is 2.05. The molecule has 5 nitrogen and oxygen atoms in total. The molecule has 2 amide bonds. The van der Waals surface area contributed by atoms with Gasteiger partial charge in [0.15, 0.2) is 0 Å². The molecule has 3 N–H and O–H groups in total. The molecule has 1 aromatic carbocycles. The van der Waals surface area contributed by atoms with Crippen molar-refractivity contribution in [3.05, 3.63) is 35.9 Å². The summed E-state index contributed by atoms with van der Waals surface area (Å²) in [6.45, 7) is 3.80. The zero-order valence-corrected chi connectivity index (χ0v) is 12.6. The van der Waals surface area contributed by atoms with Crippen LogP contribution in [0.3, 0.4) is 0 Å². The fourth-order valence-electron chi connectivity index (χ4n) is 2.07. The van der Waals surface area contributed by atoms with E-state index < -0.39 is 18.0 Å². The summed E-state index contributed by atoms with van der Waals surface area (Å²) in [5.41, 5.74) is 1.22. The zero-order valence-electron chi connectivity index (χ0n) is 12.6. The highest BCUT2D eigenvalue weighted by Gasteiger charge is 2.19. The molecule has 0 bridgehead atoms. The molecule has 0 aliphatic heterocycles. The highest BCUT2D eigenvalue weighted by molar-refractivity contribution is 5.82. The molecule has 0 aliphatic carbocycles. The molecule has 5 heteroatoms. The lowest BCUT2D eigenvalue weighted by molar-refractivity contribution is -0.139. The molecule has 0 aromatic heterocycles. The van der Waals surface area contributed by atoms with Crippen molar-refractivity contribution in [2.24, 2.45) is 0 Å². The molecule has 0 spiro atoms. The largest absolute Gasteiger partial charge is 0.480 e. The van der Waals surface area contributed by atoms with Gasteiger partial charge >= 0.3 is 12.0 Å². The van der Waals surface area contributed by atoms with Crippen molar-refractivity contribution in [2.45, 2.75) is 51.6 Å². The number of aliphatic carboxylic acids is 1. The van der Waals surface area contributed by atoms with Gasteiger partial charge in [-0.25, -0.2) is 9.59 Å². The number of carboxylic acid groups (broad SMARTS) is 1. The van der Waals surface area contributed by atoms with Gasteiger partial charge in [0.05, 0.1) is 0 Å². The van der Waals surface area contributed by atoms with Crippen LogP contribution < -0.4 is 10.6 Å². The maximum atomic E-state index is 11.8. The lowest BCUT2D eigenvalue weighted by atomic mass is 10.1. The molecule has 0 saturated heterocycles. The summed E-state index contributed by atoms with van der Waals surface area (Å²) < 4.78 is 0. The molecule has 2 unspecified atom stereocenters. The molecule has 0 saturated carbocycles. The third-order valence-electron chi connectivity index (χ3n) is 3.27. The molecule has 0 heterocycles. The Balaban J connectivity index is 2.34. The standard InChI is InChI=1S/C16H24N2O3/c1-3-7-14(15(19)20)18-16(21)17-12(2)10-11-13-8-5-4-6-9-13/h4-6,8-9,12,14H,3,7,10-11H2,1-2H3,(H,19,20)(H2,17,18,21). The van der Waals surface area contributed by atoms with Crippen LogP contribution in [0.25, 0.3) is 0 Å². The summed E-state index contributed by atoms with van der Waals surface area (Å²) in [7, 11) is 0. The quantitative estimate of drug-likeness (QED) is 0.689. The molecule has 0 aliphatic rings. The molecular weight excluding hydrogens is 268 g/mol. The summed E-state index contributed by atoms with van der Waals surface area (Å²) in [4.78, 5) is 22.7. The molecule has 21 heavy (non-hydrogen) atoms. The van der Waals surface area contributed by atoms with Crippen LogP contribution in [0.4, 0.5) is 4.79 Å². The molecule has 116 valence electrons. The number of hydrogen-bond donors (Lipinski definition) is 3. The second-order valence-corrected chi connectivity index (χ2v) is 5.22. The van der Waals surface area contributed by atoms with Crippen molar-refractivity contribution in [2.75, 3.05) is 0 Å². The van der Waals surface area contributed by atoms with Crippen molar-refractivity contribution in [1.29, 1.82) is 0 Å². The third-order valence-corrected chi connectivity index (χ3v) is 3.27. The minimum absolute atomic E-state index is 0.0127. The second kappa shape index (κ2) is 9.00. The summed E-state index contributed by atoms with van der Waals surface area (Å²) in [6.07, 6.45) is 2.82. The fourth-order valence-corrected chi connectivity index (χ4v) is 2.07. The van der Waals surface area contributed by atoms with E-state index in [0.717, 1.165) is 12.8 Å². The van der Waals surface area contributed by atoms with Crippen LogP contribution in [0.2, 0.25) is 0 Å². The van der Waals surface area contributed by atoms with Crippen molar-refractivity contribution in [3.63, 3.8) is 0 Å². The minimum atomic E-state index is -0.996. The van der Waals surface area contributed by atoms with E-state index in [0.29, 0.717) is 12.8 Å². The summed E-state index contributed by atoms with van der Waals surface area (Å²) in [6, 6.07) is 8.79. The Morgan fingerprint density at radius 3 is 2.38 bits per heavy atom. The van der Waals surface area contributed by atoms with E-state index in [2.05, 4.69) is 22.8 Å². The number of carbonyl (C=O) groups excluding carboxylic acids is 1. The van der Waals surface area contributed by atoms with Crippen molar-refractivity contribution in [3.8, 4) is 0 Å². The van der Waals surface area contributed by atoms with Crippen molar-refractivity contribution >= 4 is 12.0 Å². The van der Waals surface area contributed by atoms with Crippen LogP contribution in [0.5, 0.6) is 0 Å². The van der Waals surface area contributed by atoms with Crippen LogP contribution in [0.15, 0.2) is 30.3 Å². The van der Waals surface area contributed by atoms with Crippen molar-refractivity contribution < 1.29 is 14.7 Å². The summed E-state index contributed by atoms with van der Waals surface area (Å²) in [5, 5.41) is 14.3. The van der Waals surface area contributed by atoms with E-state index in [9.17, 15) is 9.59 Å². The van der Waals surface area contributed by atoms with Crippen LogP contribution in [-0.4, -0.2) is 29.2 Å². The average Bonchev–Trinajstić information content (AvgIpc) is 2.45. The SMILES string of the molecule is CCCC(NC(=O)NC(C)CCc1ccccc1)C(=O)O. The smallest absolute Gasteiger partial charge is 0.326 e. The first kappa shape index (κ1) is 17.0. The summed E-state index contributed by atoms with van der Waals surface area (Å²) >= 11 is 0. The van der Waals surface area contributed by atoms with Gasteiger partial charge in [0.2, 0.25) is 0 Å². The van der Waals surface area contributed by atoms with Gasteiger partial charge in [-0.1, -0.05) is 43.7 Å². The van der Waals surface area contributed by atoms with Gasteiger partial charge in [-0.2, -0.15) is 0 Å². The topological polar surface area (TPSA) is 78.4 Å². The maximum absolute atomic E-state index is 11.8. The van der Waals surface area contributed by atoms with Crippen LogP contribution in [-0.2, 0) is 11.2 Å². The van der Waals surface area contributed by atoms with Gasteiger partial charge < -0.3 is 15.7 Å². The number of nitrogens with one attached hydrogen (secondary N) is 2. The predicted molar refractivity (Wildman–Crippen MR) is 82.2 cm³/mol. The molecule has 1 aromatic rings. The Morgan fingerprint density at radius 1 is 1.14 bits per heavy atom. The Labute approximate surface area is 125 Å². The van der Waals surface area contributed by atoms with E-state index in [4.69, 9.17) is 5.11 Å². The van der Waals surface area contributed by atoms with Crippen LogP contribution in [0, 0.1) is 0 Å². The molecule has 0 fully saturated rings. The minimum Gasteiger partial charge on any atom is -0.480 e. The zero-order chi connectivity index (χ0) is 15.7. The molecule has 1 rings (SSSR count). The maximum Gasteiger partial charge on any atom is 0.326 e. The number of carbonyl (C=O) groups is 2. The van der Waals surface area contributed by atoms with E-state index in [1.165, 1.54) is 5.56 Å². The number of rotatable bonds is 8. The van der Waals surface area contributed by atoms with E-state index in [1.54, 1.807) is 0 Å². The van der Waals surface area contributed by atoms with Gasteiger partial charge in [-0.05, 0) is 31.7 Å². The first-order valence-electron chi connectivity index (χ1n) is 7.36. The van der Waals surface area contributed by atoms with E-state index in [1.807, 2.05) is 32.0 Å². The Kier molecular flexibility index (Phi) is 7.29. The highest BCUT2D eigenvalue weighted by atomic mass is 16.4. The van der Waals surface area contributed by atoms with Gasteiger partial charge in [0.1, 0.15) is 6.04 Å². The fraction of sp³-hybridized carbons (Fsp3) is 0.500. The first-order valence-corrected chi connectivity index (χ1v) is 7.36. The Morgan fingerprint density at radius 2 is 1.81 bits per heavy atom. The normalized spacial score (nSPS) is 13.2. The Hall–Kier alpha value is -2.04. The number of carboxylic acids is 1. The third kappa shape index (κ3) is 6.79. The van der Waals surface area contributed by atoms with Crippen molar-refractivity contribution in [1.82, 2.24) is 10.6 Å². The number of aryl methyl sites for hydroxylation is 1. The van der Waals surface area contributed by atoms with Gasteiger partial charge in [-0.3, -0.25) is 0 Å². The van der Waals surface area contributed by atoms with Gasteiger partial charge in [-0.15, -0.1) is 0 Å². The lowest BCUT2D eigenvalue weighted by Crippen LogP contribution is -2.48. The first-order chi connectivity index (χ1) is 10.0.